The van der Waals surface area contributed by atoms with Crippen LogP contribution in [0.25, 0.3) is 0 Å². The molecule has 0 spiro atoms. The van der Waals surface area contributed by atoms with Gasteiger partial charge in [-0.05, 0) is 45.4 Å². The molecule has 3 nitrogen and oxygen atoms in total. The first-order valence-electron chi connectivity index (χ1n) is 5.67. The number of aromatic nitrogens is 1. The van der Waals surface area contributed by atoms with Crippen molar-refractivity contribution in [2.24, 2.45) is 0 Å². The molecule has 0 radical (unpaired) electrons. The third-order valence-electron chi connectivity index (χ3n) is 2.88. The molecule has 1 aromatic rings. The number of hydrogen-bond donors (Lipinski definition) is 2. The van der Waals surface area contributed by atoms with Gasteiger partial charge in [-0.3, -0.25) is 4.98 Å². The van der Waals surface area contributed by atoms with Crippen molar-refractivity contribution in [3.63, 3.8) is 0 Å². The van der Waals surface area contributed by atoms with E-state index >= 15 is 0 Å². The van der Waals surface area contributed by atoms with Crippen molar-refractivity contribution in [1.82, 2.24) is 10.3 Å². The summed E-state index contributed by atoms with van der Waals surface area (Å²) in [6.45, 7) is 6.31. The average Bonchev–Trinajstić information content (AvgIpc) is 2.24. The van der Waals surface area contributed by atoms with E-state index in [0.717, 1.165) is 24.5 Å². The maximum atomic E-state index is 4.46. The van der Waals surface area contributed by atoms with Gasteiger partial charge in [-0.25, -0.2) is 0 Å². The van der Waals surface area contributed by atoms with Gasteiger partial charge in [0.1, 0.15) is 0 Å². The molecule has 1 aromatic heterocycles. The molecule has 1 aliphatic rings. The van der Waals surface area contributed by atoms with Crippen LogP contribution in [0.5, 0.6) is 0 Å². The molecule has 1 saturated heterocycles. The Bertz CT molecular complexity index is 330. The topological polar surface area (TPSA) is 37.0 Å². The second-order valence-corrected chi connectivity index (χ2v) is 4.27. The molecular formula is C12H19N3. The van der Waals surface area contributed by atoms with Gasteiger partial charge < -0.3 is 10.6 Å². The molecule has 1 atom stereocenters. The van der Waals surface area contributed by atoms with Crippen LogP contribution in [-0.2, 0) is 0 Å². The summed E-state index contributed by atoms with van der Waals surface area (Å²) in [6, 6.07) is 4.75. The Kier molecular flexibility index (Phi) is 3.21. The lowest BCUT2D eigenvalue weighted by Gasteiger charge is -2.25. The van der Waals surface area contributed by atoms with Crippen LogP contribution in [0.1, 0.15) is 24.2 Å². The summed E-state index contributed by atoms with van der Waals surface area (Å²) in [5.74, 6) is 0. The Hall–Kier alpha value is -1.09. The summed E-state index contributed by atoms with van der Waals surface area (Å²) in [4.78, 5) is 4.46. The van der Waals surface area contributed by atoms with Crippen LogP contribution in [0.2, 0.25) is 0 Å². The van der Waals surface area contributed by atoms with Crippen molar-refractivity contribution in [1.29, 1.82) is 0 Å². The van der Waals surface area contributed by atoms with Gasteiger partial charge in [0.2, 0.25) is 0 Å². The lowest BCUT2D eigenvalue weighted by Crippen LogP contribution is -2.38. The molecule has 2 heterocycles. The molecule has 15 heavy (non-hydrogen) atoms. The highest BCUT2D eigenvalue weighted by Gasteiger charge is 2.13. The molecule has 2 rings (SSSR count). The number of anilines is 1. The molecule has 0 bridgehead atoms. The van der Waals surface area contributed by atoms with Crippen molar-refractivity contribution in [2.75, 3.05) is 18.4 Å². The number of hydrogen-bond acceptors (Lipinski definition) is 3. The number of aryl methyl sites for hydroxylation is 2. The van der Waals surface area contributed by atoms with Crippen LogP contribution in [-0.4, -0.2) is 24.1 Å². The van der Waals surface area contributed by atoms with Gasteiger partial charge in [-0.2, -0.15) is 0 Å². The van der Waals surface area contributed by atoms with Crippen molar-refractivity contribution >= 4 is 5.69 Å². The lowest BCUT2D eigenvalue weighted by atomic mass is 10.1. The minimum absolute atomic E-state index is 0.557. The quantitative estimate of drug-likeness (QED) is 0.774. The number of piperidine rings is 1. The molecule has 0 amide bonds. The van der Waals surface area contributed by atoms with E-state index in [0.29, 0.717) is 6.04 Å². The normalized spacial score (nSPS) is 21.3. The SMILES string of the molecule is Cc1ccc(NC2CCCNC2)c(C)n1. The third-order valence-corrected chi connectivity index (χ3v) is 2.88. The van der Waals surface area contributed by atoms with Crippen molar-refractivity contribution < 1.29 is 0 Å². The molecule has 1 fully saturated rings. The first-order chi connectivity index (χ1) is 7.25. The molecule has 1 unspecified atom stereocenters. The molecule has 0 aliphatic carbocycles. The summed E-state index contributed by atoms with van der Waals surface area (Å²) in [7, 11) is 0. The highest BCUT2D eigenvalue weighted by atomic mass is 15.0. The Morgan fingerprint density at radius 1 is 1.40 bits per heavy atom. The van der Waals surface area contributed by atoms with E-state index in [2.05, 4.69) is 34.7 Å². The van der Waals surface area contributed by atoms with Gasteiger partial charge in [-0.1, -0.05) is 0 Å². The fourth-order valence-electron chi connectivity index (χ4n) is 2.03. The molecule has 0 saturated carbocycles. The lowest BCUT2D eigenvalue weighted by molar-refractivity contribution is 0.479. The van der Waals surface area contributed by atoms with Crippen LogP contribution in [0, 0.1) is 13.8 Å². The first-order valence-corrected chi connectivity index (χ1v) is 5.67. The van der Waals surface area contributed by atoms with Gasteiger partial charge in [0.25, 0.3) is 0 Å². The van der Waals surface area contributed by atoms with Gasteiger partial charge in [-0.15, -0.1) is 0 Å². The number of nitrogens with one attached hydrogen (secondary N) is 2. The van der Waals surface area contributed by atoms with Crippen LogP contribution in [0.4, 0.5) is 5.69 Å². The molecule has 82 valence electrons. The maximum absolute atomic E-state index is 4.46. The average molecular weight is 205 g/mol. The van der Waals surface area contributed by atoms with E-state index < -0.39 is 0 Å². The van der Waals surface area contributed by atoms with Crippen LogP contribution in [0.15, 0.2) is 12.1 Å². The summed E-state index contributed by atoms with van der Waals surface area (Å²) >= 11 is 0. The van der Waals surface area contributed by atoms with Crippen LogP contribution >= 0.6 is 0 Å². The highest BCUT2D eigenvalue weighted by molar-refractivity contribution is 5.48. The predicted octanol–water partition coefficient (Wildman–Crippen LogP) is 1.86. The number of pyridine rings is 1. The first kappa shape index (κ1) is 10.4. The third kappa shape index (κ3) is 2.69. The number of nitrogens with zero attached hydrogens (tertiary/aromatic N) is 1. The minimum Gasteiger partial charge on any atom is -0.380 e. The molecule has 0 aromatic carbocycles. The fourth-order valence-corrected chi connectivity index (χ4v) is 2.03. The van der Waals surface area contributed by atoms with Gasteiger partial charge in [0, 0.05) is 18.3 Å². The number of rotatable bonds is 2. The Morgan fingerprint density at radius 3 is 2.93 bits per heavy atom. The Labute approximate surface area is 91.3 Å². The van der Waals surface area contributed by atoms with E-state index in [1.54, 1.807) is 0 Å². The Morgan fingerprint density at radius 2 is 2.27 bits per heavy atom. The summed E-state index contributed by atoms with van der Waals surface area (Å²) in [5, 5.41) is 6.95. The second kappa shape index (κ2) is 4.62. The Balaban J connectivity index is 2.03. The van der Waals surface area contributed by atoms with Crippen molar-refractivity contribution in [3.8, 4) is 0 Å². The smallest absolute Gasteiger partial charge is 0.0606 e. The van der Waals surface area contributed by atoms with Crippen LogP contribution < -0.4 is 10.6 Å². The molecule has 3 heteroatoms. The zero-order chi connectivity index (χ0) is 10.7. The maximum Gasteiger partial charge on any atom is 0.0606 e. The van der Waals surface area contributed by atoms with E-state index in [1.807, 2.05) is 6.92 Å². The van der Waals surface area contributed by atoms with E-state index in [9.17, 15) is 0 Å². The molecule has 1 aliphatic heterocycles. The summed E-state index contributed by atoms with van der Waals surface area (Å²) < 4.78 is 0. The van der Waals surface area contributed by atoms with Crippen molar-refractivity contribution in [3.05, 3.63) is 23.5 Å². The zero-order valence-electron chi connectivity index (χ0n) is 9.51. The summed E-state index contributed by atoms with van der Waals surface area (Å²) in [5.41, 5.74) is 3.36. The zero-order valence-corrected chi connectivity index (χ0v) is 9.51. The molecule has 2 N–H and O–H groups in total. The minimum atomic E-state index is 0.557. The fraction of sp³-hybridized carbons (Fsp3) is 0.583. The largest absolute Gasteiger partial charge is 0.380 e. The molecular weight excluding hydrogens is 186 g/mol. The predicted molar refractivity (Wildman–Crippen MR) is 63.2 cm³/mol. The van der Waals surface area contributed by atoms with E-state index in [4.69, 9.17) is 0 Å². The summed E-state index contributed by atoms with van der Waals surface area (Å²) in [6.07, 6.45) is 2.51. The standard InChI is InChI=1S/C12H19N3/c1-9-5-6-12(10(2)14-9)15-11-4-3-7-13-8-11/h5-6,11,13,15H,3-4,7-8H2,1-2H3. The van der Waals surface area contributed by atoms with Gasteiger partial charge >= 0.3 is 0 Å². The second-order valence-electron chi connectivity index (χ2n) is 4.27. The van der Waals surface area contributed by atoms with Crippen molar-refractivity contribution in [2.45, 2.75) is 32.7 Å². The van der Waals surface area contributed by atoms with Gasteiger partial charge in [0.15, 0.2) is 0 Å². The van der Waals surface area contributed by atoms with Gasteiger partial charge in [0.05, 0.1) is 11.4 Å². The highest BCUT2D eigenvalue weighted by Crippen LogP contribution is 2.16. The monoisotopic (exact) mass is 205 g/mol. The van der Waals surface area contributed by atoms with E-state index in [-0.39, 0.29) is 0 Å². The van der Waals surface area contributed by atoms with Crippen LogP contribution in [0.3, 0.4) is 0 Å². The van der Waals surface area contributed by atoms with E-state index in [1.165, 1.54) is 18.5 Å².